The van der Waals surface area contributed by atoms with Crippen LogP contribution in [-0.2, 0) is 6.42 Å². The molecule has 0 fully saturated rings. The second kappa shape index (κ2) is 10.2. The fourth-order valence-corrected chi connectivity index (χ4v) is 4.06. The maximum Gasteiger partial charge on any atom is 0.387 e. The molecule has 0 saturated carbocycles. The molecule has 0 amide bonds. The van der Waals surface area contributed by atoms with E-state index in [9.17, 15) is 22.0 Å². The second-order valence-electron chi connectivity index (χ2n) is 8.20. The minimum absolute atomic E-state index is 0.0531. The summed E-state index contributed by atoms with van der Waals surface area (Å²) in [6, 6.07) is 18.1. The van der Waals surface area contributed by atoms with Gasteiger partial charge in [0.15, 0.2) is 17.4 Å². The summed E-state index contributed by atoms with van der Waals surface area (Å²) in [7, 11) is 0. The number of hydrogen-bond acceptors (Lipinski definition) is 1. The van der Waals surface area contributed by atoms with Gasteiger partial charge in [-0.05, 0) is 70.1 Å². The van der Waals surface area contributed by atoms with E-state index in [1.54, 1.807) is 6.07 Å². The molecule has 34 heavy (non-hydrogen) atoms. The third-order valence-electron chi connectivity index (χ3n) is 5.79. The van der Waals surface area contributed by atoms with E-state index in [-0.39, 0.29) is 11.1 Å². The van der Waals surface area contributed by atoms with E-state index in [4.69, 9.17) is 0 Å². The lowest BCUT2D eigenvalue weighted by Crippen LogP contribution is -2.06. The number of rotatable bonds is 8. The maximum absolute atomic E-state index is 14.9. The molecular weight excluding hydrogens is 447 g/mol. The van der Waals surface area contributed by atoms with E-state index in [1.165, 1.54) is 30.5 Å². The molecule has 0 aliphatic carbocycles. The molecule has 0 N–H and O–H groups in total. The molecule has 0 aliphatic rings. The first-order chi connectivity index (χ1) is 16.4. The quantitative estimate of drug-likeness (QED) is 0.184. The highest BCUT2D eigenvalue weighted by Gasteiger charge is 2.19. The van der Waals surface area contributed by atoms with Gasteiger partial charge in [-0.2, -0.15) is 8.78 Å². The van der Waals surface area contributed by atoms with Gasteiger partial charge >= 0.3 is 6.61 Å². The molecule has 0 aromatic heterocycles. The highest BCUT2D eigenvalue weighted by Crippen LogP contribution is 2.34. The molecule has 0 spiro atoms. The number of alkyl halides is 2. The van der Waals surface area contributed by atoms with Gasteiger partial charge in [-0.3, -0.25) is 0 Å². The highest BCUT2D eigenvalue weighted by atomic mass is 19.3. The van der Waals surface area contributed by atoms with Gasteiger partial charge in [-0.25, -0.2) is 13.2 Å². The van der Waals surface area contributed by atoms with Crippen molar-refractivity contribution in [2.24, 2.45) is 0 Å². The molecule has 176 valence electrons. The van der Waals surface area contributed by atoms with Crippen molar-refractivity contribution in [1.82, 2.24) is 0 Å². The molecule has 4 rings (SSSR count). The van der Waals surface area contributed by atoms with Gasteiger partial charge in [0, 0.05) is 5.56 Å². The summed E-state index contributed by atoms with van der Waals surface area (Å²) in [5, 5.41) is 2.13. The summed E-state index contributed by atoms with van der Waals surface area (Å²) in [5.74, 6) is -4.55. The Balaban J connectivity index is 1.61. The summed E-state index contributed by atoms with van der Waals surface area (Å²) < 4.78 is 71.6. The first-order valence-electron chi connectivity index (χ1n) is 11.1. The van der Waals surface area contributed by atoms with E-state index in [2.05, 4.69) is 29.9 Å². The SMILES string of the molecule is CCCCCc1ccc2cc(-c3ccc(-c4cc(F)c(OC(F)F)c(F)c4)c(F)c3)ccc2c1. The Hall–Kier alpha value is -3.41. The Morgan fingerprint density at radius 1 is 0.676 bits per heavy atom. The monoisotopic (exact) mass is 470 g/mol. The molecule has 0 aliphatic heterocycles. The Morgan fingerprint density at radius 3 is 1.97 bits per heavy atom. The Bertz CT molecular complexity index is 1290. The molecule has 4 aromatic carbocycles. The average Bonchev–Trinajstić information content (AvgIpc) is 2.81. The zero-order chi connectivity index (χ0) is 24.2. The minimum Gasteiger partial charge on any atom is -0.429 e. The highest BCUT2D eigenvalue weighted by molar-refractivity contribution is 5.88. The summed E-state index contributed by atoms with van der Waals surface area (Å²) in [4.78, 5) is 0. The van der Waals surface area contributed by atoms with Gasteiger partial charge in [0.05, 0.1) is 0 Å². The molecule has 4 aromatic rings. The lowest BCUT2D eigenvalue weighted by atomic mass is 9.96. The Kier molecular flexibility index (Phi) is 7.15. The lowest BCUT2D eigenvalue weighted by Gasteiger charge is -2.11. The maximum atomic E-state index is 14.9. The minimum atomic E-state index is -3.37. The smallest absolute Gasteiger partial charge is 0.387 e. The number of fused-ring (bicyclic) bond motifs is 1. The first kappa shape index (κ1) is 23.7. The molecule has 6 heteroatoms. The number of benzene rings is 4. The molecule has 0 atom stereocenters. The van der Waals surface area contributed by atoms with Crippen LogP contribution in [0.15, 0.2) is 66.7 Å². The number of hydrogen-bond donors (Lipinski definition) is 0. The molecular formula is C28H23F5O. The fourth-order valence-electron chi connectivity index (χ4n) is 4.06. The van der Waals surface area contributed by atoms with Crippen LogP contribution in [0.4, 0.5) is 22.0 Å². The van der Waals surface area contributed by atoms with Crippen molar-refractivity contribution in [3.63, 3.8) is 0 Å². The molecule has 0 saturated heterocycles. The van der Waals surface area contributed by atoms with E-state index in [1.807, 2.05) is 18.2 Å². The molecule has 1 nitrogen and oxygen atoms in total. The van der Waals surface area contributed by atoms with Crippen LogP contribution < -0.4 is 4.74 Å². The van der Waals surface area contributed by atoms with Gasteiger partial charge in [0.2, 0.25) is 0 Å². The zero-order valence-corrected chi connectivity index (χ0v) is 18.6. The van der Waals surface area contributed by atoms with Crippen LogP contribution in [0.2, 0.25) is 0 Å². The van der Waals surface area contributed by atoms with Crippen LogP contribution in [0, 0.1) is 17.5 Å². The molecule has 0 heterocycles. The topological polar surface area (TPSA) is 9.23 Å². The lowest BCUT2D eigenvalue weighted by molar-refractivity contribution is -0.0546. The van der Waals surface area contributed by atoms with Crippen molar-refractivity contribution < 1.29 is 26.7 Å². The molecule has 0 bridgehead atoms. The Labute approximate surface area is 194 Å². The summed E-state index contributed by atoms with van der Waals surface area (Å²) in [6.45, 7) is -1.20. The number of aryl methyl sites for hydroxylation is 1. The summed E-state index contributed by atoms with van der Waals surface area (Å²) in [5.41, 5.74) is 2.52. The van der Waals surface area contributed by atoms with Crippen molar-refractivity contribution in [2.45, 2.75) is 39.2 Å². The van der Waals surface area contributed by atoms with E-state index < -0.39 is 29.8 Å². The van der Waals surface area contributed by atoms with Crippen molar-refractivity contribution in [3.8, 4) is 28.0 Å². The van der Waals surface area contributed by atoms with Crippen LogP contribution in [0.5, 0.6) is 5.75 Å². The van der Waals surface area contributed by atoms with Crippen LogP contribution in [0.25, 0.3) is 33.0 Å². The van der Waals surface area contributed by atoms with E-state index in [0.717, 1.165) is 41.3 Å². The van der Waals surface area contributed by atoms with Crippen LogP contribution in [0.1, 0.15) is 31.7 Å². The van der Waals surface area contributed by atoms with Gasteiger partial charge in [-0.1, -0.05) is 62.2 Å². The van der Waals surface area contributed by atoms with Crippen LogP contribution >= 0.6 is 0 Å². The van der Waals surface area contributed by atoms with Gasteiger partial charge in [-0.15, -0.1) is 0 Å². The fraction of sp³-hybridized carbons (Fsp3) is 0.214. The third kappa shape index (κ3) is 5.22. The average molecular weight is 470 g/mol. The third-order valence-corrected chi connectivity index (χ3v) is 5.79. The predicted molar refractivity (Wildman–Crippen MR) is 125 cm³/mol. The standard InChI is InChI=1S/C28H23F5O/c1-2-3-4-5-17-6-7-19-13-20(9-8-18(19)12-17)21-10-11-23(24(29)14-21)22-15-25(30)27(26(31)16-22)34-28(32)33/h6-16,28H,2-5H2,1H3. The van der Waals surface area contributed by atoms with Crippen molar-refractivity contribution in [1.29, 1.82) is 0 Å². The van der Waals surface area contributed by atoms with Crippen LogP contribution in [-0.4, -0.2) is 6.61 Å². The predicted octanol–water partition coefficient (Wildman–Crippen LogP) is 8.93. The van der Waals surface area contributed by atoms with Gasteiger partial charge in [0.25, 0.3) is 0 Å². The van der Waals surface area contributed by atoms with Crippen molar-refractivity contribution in [2.75, 3.05) is 0 Å². The normalized spacial score (nSPS) is 11.4. The second-order valence-corrected chi connectivity index (χ2v) is 8.20. The number of ether oxygens (including phenoxy) is 1. The van der Waals surface area contributed by atoms with E-state index >= 15 is 0 Å². The van der Waals surface area contributed by atoms with Crippen molar-refractivity contribution in [3.05, 3.63) is 89.7 Å². The number of halogens is 5. The Morgan fingerprint density at radius 2 is 1.29 bits per heavy atom. The zero-order valence-electron chi connectivity index (χ0n) is 18.6. The van der Waals surface area contributed by atoms with Crippen LogP contribution in [0.3, 0.4) is 0 Å². The molecule has 0 radical (unpaired) electrons. The first-order valence-corrected chi connectivity index (χ1v) is 11.1. The number of unbranched alkanes of at least 4 members (excludes halogenated alkanes) is 2. The summed E-state index contributed by atoms with van der Waals surface area (Å²) in [6.07, 6.45) is 4.57. The van der Waals surface area contributed by atoms with Gasteiger partial charge < -0.3 is 4.74 Å². The largest absolute Gasteiger partial charge is 0.429 e. The summed E-state index contributed by atoms with van der Waals surface area (Å²) >= 11 is 0. The molecule has 0 unspecified atom stereocenters. The van der Waals surface area contributed by atoms with Gasteiger partial charge in [0.1, 0.15) is 5.82 Å². The van der Waals surface area contributed by atoms with E-state index in [0.29, 0.717) is 5.56 Å². The van der Waals surface area contributed by atoms with Crippen molar-refractivity contribution >= 4 is 10.8 Å².